The van der Waals surface area contributed by atoms with Gasteiger partial charge in [0.1, 0.15) is 17.4 Å². The first-order valence-corrected chi connectivity index (χ1v) is 7.23. The zero-order valence-corrected chi connectivity index (χ0v) is 12.6. The first-order chi connectivity index (χ1) is 10.1. The van der Waals surface area contributed by atoms with Gasteiger partial charge in [-0.25, -0.2) is 9.37 Å². The van der Waals surface area contributed by atoms with Gasteiger partial charge >= 0.3 is 0 Å². The number of aromatic nitrogens is 2. The number of imidazole rings is 1. The largest absolute Gasteiger partial charge is 0.493 e. The highest BCUT2D eigenvalue weighted by atomic mass is 19.1. The second kappa shape index (κ2) is 7.22. The Morgan fingerprint density at radius 2 is 2.24 bits per heavy atom. The molecule has 1 atom stereocenters. The van der Waals surface area contributed by atoms with Crippen molar-refractivity contribution in [2.75, 3.05) is 6.61 Å². The van der Waals surface area contributed by atoms with Crippen molar-refractivity contribution in [2.45, 2.75) is 32.2 Å². The fourth-order valence-corrected chi connectivity index (χ4v) is 2.16. The minimum Gasteiger partial charge on any atom is -0.493 e. The molecule has 1 aromatic carbocycles. The van der Waals surface area contributed by atoms with Crippen LogP contribution in [0, 0.1) is 5.82 Å². The van der Waals surface area contributed by atoms with Crippen LogP contribution in [0.15, 0.2) is 30.6 Å². The van der Waals surface area contributed by atoms with Crippen LogP contribution in [0.1, 0.15) is 24.7 Å². The van der Waals surface area contributed by atoms with E-state index in [4.69, 9.17) is 10.5 Å². The lowest BCUT2D eigenvalue weighted by Crippen LogP contribution is -2.22. The molecule has 0 fully saturated rings. The zero-order chi connectivity index (χ0) is 15.2. The topological polar surface area (TPSA) is 53.1 Å². The van der Waals surface area contributed by atoms with E-state index in [2.05, 4.69) is 4.98 Å². The molecule has 5 heteroatoms. The number of rotatable bonds is 7. The van der Waals surface area contributed by atoms with Crippen LogP contribution in [0.4, 0.5) is 4.39 Å². The van der Waals surface area contributed by atoms with Crippen molar-refractivity contribution in [2.24, 2.45) is 12.8 Å². The number of halogens is 1. The summed E-state index contributed by atoms with van der Waals surface area (Å²) in [6, 6.07) is 4.61. The minimum atomic E-state index is -0.259. The zero-order valence-electron chi connectivity index (χ0n) is 12.6. The number of nitrogens with two attached hydrogens (primary N) is 1. The SMILES string of the molecule is CCC(N)Cc1cc(F)ccc1OCCc1nccn1C. The Morgan fingerprint density at radius 1 is 1.43 bits per heavy atom. The molecule has 0 aliphatic carbocycles. The van der Waals surface area contributed by atoms with Crippen molar-refractivity contribution in [1.82, 2.24) is 9.55 Å². The normalized spacial score (nSPS) is 12.4. The molecule has 0 aliphatic rings. The van der Waals surface area contributed by atoms with Crippen molar-refractivity contribution in [3.05, 3.63) is 47.8 Å². The van der Waals surface area contributed by atoms with E-state index in [1.165, 1.54) is 12.1 Å². The van der Waals surface area contributed by atoms with Gasteiger partial charge in [-0.3, -0.25) is 0 Å². The molecule has 21 heavy (non-hydrogen) atoms. The second-order valence-corrected chi connectivity index (χ2v) is 5.18. The van der Waals surface area contributed by atoms with Gasteiger partial charge in [0, 0.05) is 31.9 Å². The standard InChI is InChI=1S/C16H22FN3O/c1-3-14(18)11-12-10-13(17)4-5-15(12)21-9-6-16-19-7-8-20(16)2/h4-5,7-8,10,14H,3,6,9,11,18H2,1-2H3. The van der Waals surface area contributed by atoms with E-state index in [-0.39, 0.29) is 11.9 Å². The van der Waals surface area contributed by atoms with Crippen LogP contribution in [-0.4, -0.2) is 22.2 Å². The van der Waals surface area contributed by atoms with Crippen LogP contribution < -0.4 is 10.5 Å². The van der Waals surface area contributed by atoms with E-state index in [1.54, 1.807) is 12.3 Å². The highest BCUT2D eigenvalue weighted by molar-refractivity contribution is 5.34. The Balaban J connectivity index is 2.00. The van der Waals surface area contributed by atoms with E-state index in [0.29, 0.717) is 25.2 Å². The Labute approximate surface area is 124 Å². The maximum atomic E-state index is 13.4. The number of ether oxygens (including phenoxy) is 1. The fourth-order valence-electron chi connectivity index (χ4n) is 2.16. The molecule has 0 amide bonds. The highest BCUT2D eigenvalue weighted by Crippen LogP contribution is 2.22. The van der Waals surface area contributed by atoms with Crippen LogP contribution in [0.25, 0.3) is 0 Å². The van der Waals surface area contributed by atoms with Crippen LogP contribution in [0.3, 0.4) is 0 Å². The minimum absolute atomic E-state index is 0.0173. The molecule has 0 bridgehead atoms. The third-order valence-electron chi connectivity index (χ3n) is 3.53. The van der Waals surface area contributed by atoms with E-state index >= 15 is 0 Å². The summed E-state index contributed by atoms with van der Waals surface area (Å²) in [5.74, 6) is 1.41. The van der Waals surface area contributed by atoms with Gasteiger partial charge in [-0.1, -0.05) is 6.92 Å². The van der Waals surface area contributed by atoms with Gasteiger partial charge in [-0.2, -0.15) is 0 Å². The predicted molar refractivity (Wildman–Crippen MR) is 80.8 cm³/mol. The van der Waals surface area contributed by atoms with Crippen LogP contribution in [0.2, 0.25) is 0 Å². The number of hydrogen-bond acceptors (Lipinski definition) is 3. The molecule has 0 saturated carbocycles. The molecule has 0 saturated heterocycles. The van der Waals surface area contributed by atoms with Gasteiger partial charge in [0.2, 0.25) is 0 Å². The number of benzene rings is 1. The molecule has 1 unspecified atom stereocenters. The Kier molecular flexibility index (Phi) is 5.33. The summed E-state index contributed by atoms with van der Waals surface area (Å²) in [5.41, 5.74) is 6.78. The molecule has 114 valence electrons. The molecule has 4 nitrogen and oxygen atoms in total. The second-order valence-electron chi connectivity index (χ2n) is 5.18. The van der Waals surface area contributed by atoms with Crippen molar-refractivity contribution in [3.63, 3.8) is 0 Å². The monoisotopic (exact) mass is 291 g/mol. The molecule has 1 heterocycles. The summed E-state index contributed by atoms with van der Waals surface area (Å²) in [5, 5.41) is 0. The lowest BCUT2D eigenvalue weighted by molar-refractivity contribution is 0.313. The van der Waals surface area contributed by atoms with Crippen molar-refractivity contribution in [1.29, 1.82) is 0 Å². The number of aryl methyl sites for hydroxylation is 1. The molecule has 0 spiro atoms. The van der Waals surface area contributed by atoms with Gasteiger partial charge in [0.25, 0.3) is 0 Å². The molecule has 2 rings (SSSR count). The number of nitrogens with zero attached hydrogens (tertiary/aromatic N) is 2. The van der Waals surface area contributed by atoms with Crippen molar-refractivity contribution >= 4 is 0 Å². The molecule has 0 aliphatic heterocycles. The van der Waals surface area contributed by atoms with Gasteiger partial charge in [-0.15, -0.1) is 0 Å². The molecule has 2 aromatic rings. The van der Waals surface area contributed by atoms with Crippen LogP contribution >= 0.6 is 0 Å². The fraction of sp³-hybridized carbons (Fsp3) is 0.438. The summed E-state index contributed by atoms with van der Waals surface area (Å²) >= 11 is 0. The lowest BCUT2D eigenvalue weighted by atomic mass is 10.0. The van der Waals surface area contributed by atoms with E-state index < -0.39 is 0 Å². The maximum Gasteiger partial charge on any atom is 0.123 e. The van der Waals surface area contributed by atoms with E-state index in [0.717, 1.165) is 17.8 Å². The van der Waals surface area contributed by atoms with Gasteiger partial charge < -0.3 is 15.0 Å². The first kappa shape index (κ1) is 15.5. The Bertz CT molecular complexity index is 583. The van der Waals surface area contributed by atoms with E-state index in [9.17, 15) is 4.39 Å². The van der Waals surface area contributed by atoms with E-state index in [1.807, 2.05) is 24.7 Å². The average Bonchev–Trinajstić information content (AvgIpc) is 2.86. The Morgan fingerprint density at radius 3 is 2.90 bits per heavy atom. The summed E-state index contributed by atoms with van der Waals surface area (Å²) < 4.78 is 21.1. The molecule has 1 aromatic heterocycles. The highest BCUT2D eigenvalue weighted by Gasteiger charge is 2.10. The molecular formula is C16H22FN3O. The first-order valence-electron chi connectivity index (χ1n) is 7.23. The third-order valence-corrected chi connectivity index (χ3v) is 3.53. The smallest absolute Gasteiger partial charge is 0.123 e. The van der Waals surface area contributed by atoms with Gasteiger partial charge in [-0.05, 0) is 36.6 Å². The summed E-state index contributed by atoms with van der Waals surface area (Å²) in [6.07, 6.45) is 5.84. The van der Waals surface area contributed by atoms with Crippen LogP contribution in [-0.2, 0) is 19.9 Å². The van der Waals surface area contributed by atoms with Crippen molar-refractivity contribution < 1.29 is 9.13 Å². The summed E-state index contributed by atoms with van der Waals surface area (Å²) in [6.45, 7) is 2.52. The lowest BCUT2D eigenvalue weighted by Gasteiger charge is -2.14. The van der Waals surface area contributed by atoms with Crippen LogP contribution in [0.5, 0.6) is 5.75 Å². The molecule has 2 N–H and O–H groups in total. The number of hydrogen-bond donors (Lipinski definition) is 1. The van der Waals surface area contributed by atoms with Crippen molar-refractivity contribution in [3.8, 4) is 5.75 Å². The predicted octanol–water partition coefficient (Wildman–Crippen LogP) is 2.46. The Hall–Kier alpha value is -1.88. The maximum absolute atomic E-state index is 13.4. The molecular weight excluding hydrogens is 269 g/mol. The third kappa shape index (κ3) is 4.29. The molecule has 0 radical (unpaired) electrons. The van der Waals surface area contributed by atoms with Gasteiger partial charge in [0.15, 0.2) is 0 Å². The summed E-state index contributed by atoms with van der Waals surface area (Å²) in [7, 11) is 1.95. The quantitative estimate of drug-likeness (QED) is 0.852. The average molecular weight is 291 g/mol. The van der Waals surface area contributed by atoms with Gasteiger partial charge in [0.05, 0.1) is 6.61 Å². The summed E-state index contributed by atoms with van der Waals surface area (Å²) in [4.78, 5) is 4.25.